The van der Waals surface area contributed by atoms with Gasteiger partial charge in [-0.2, -0.15) is 0 Å². The fraction of sp³-hybridized carbons (Fsp3) is 0.222. The molecule has 0 spiro atoms. The minimum Gasteiger partial charge on any atom is -0.480 e. The van der Waals surface area contributed by atoms with Crippen LogP contribution in [0.4, 0.5) is 0 Å². The highest BCUT2D eigenvalue weighted by molar-refractivity contribution is 5.72. The van der Waals surface area contributed by atoms with Gasteiger partial charge in [-0.05, 0) is 19.1 Å². The zero-order valence-corrected chi connectivity index (χ0v) is 8.38. The molecule has 0 radical (unpaired) electrons. The molecule has 84 valence electrons. The average Bonchev–Trinajstić information content (AvgIpc) is 2.84. The van der Waals surface area contributed by atoms with Crippen molar-refractivity contribution < 1.29 is 14.3 Å². The molecule has 2 rings (SSSR count). The van der Waals surface area contributed by atoms with Crippen LogP contribution < -0.4 is 5.69 Å². The molecule has 0 aliphatic carbocycles. The fourth-order valence-corrected chi connectivity index (χ4v) is 1.35. The topological polar surface area (TPSA) is 101 Å². The normalized spacial score (nSPS) is 12.6. The molecule has 2 heterocycles. The van der Waals surface area contributed by atoms with E-state index in [1.165, 1.54) is 13.2 Å². The summed E-state index contributed by atoms with van der Waals surface area (Å²) in [6.45, 7) is 1.39. The summed E-state index contributed by atoms with van der Waals surface area (Å²) in [6.07, 6.45) is 1.42. The first-order chi connectivity index (χ1) is 7.61. The smallest absolute Gasteiger partial charge is 0.344 e. The summed E-state index contributed by atoms with van der Waals surface area (Å²) < 4.78 is 6.10. The molecular weight excluding hydrogens is 214 g/mol. The van der Waals surface area contributed by atoms with Gasteiger partial charge in [0.25, 0.3) is 0 Å². The Morgan fingerprint density at radius 3 is 3.00 bits per heavy atom. The molecule has 7 nitrogen and oxygen atoms in total. The summed E-state index contributed by atoms with van der Waals surface area (Å²) in [5, 5.41) is 14.8. The summed E-state index contributed by atoms with van der Waals surface area (Å²) in [5.74, 6) is -0.604. The standard InChI is InChI=1S/C9H9N3O4/c1-5(8(13)14)12-7(10-11-9(12)15)6-3-2-4-16-6/h2-5H,1H3,(H,11,15)(H,13,14). The van der Waals surface area contributed by atoms with Crippen LogP contribution in [-0.4, -0.2) is 25.8 Å². The number of carboxylic acids is 1. The molecule has 0 fully saturated rings. The second-order valence-corrected chi connectivity index (χ2v) is 3.21. The molecule has 2 aromatic heterocycles. The van der Waals surface area contributed by atoms with Crippen LogP contribution >= 0.6 is 0 Å². The van der Waals surface area contributed by atoms with Crippen LogP contribution in [0, 0.1) is 0 Å². The fourth-order valence-electron chi connectivity index (χ4n) is 1.35. The van der Waals surface area contributed by atoms with Gasteiger partial charge in [-0.3, -0.25) is 4.57 Å². The van der Waals surface area contributed by atoms with Crippen LogP contribution in [0.25, 0.3) is 11.6 Å². The highest BCUT2D eigenvalue weighted by Crippen LogP contribution is 2.18. The second-order valence-electron chi connectivity index (χ2n) is 3.21. The molecule has 0 bridgehead atoms. The number of hydrogen-bond acceptors (Lipinski definition) is 4. The predicted octanol–water partition coefficient (Wildman–Crippen LogP) is 0.477. The van der Waals surface area contributed by atoms with Crippen molar-refractivity contribution in [2.75, 3.05) is 0 Å². The van der Waals surface area contributed by atoms with Crippen molar-refractivity contribution in [3.8, 4) is 11.6 Å². The summed E-state index contributed by atoms with van der Waals surface area (Å²) in [5.41, 5.74) is -0.582. The summed E-state index contributed by atoms with van der Waals surface area (Å²) in [4.78, 5) is 22.3. The lowest BCUT2D eigenvalue weighted by molar-refractivity contribution is -0.140. The molecule has 1 unspecified atom stereocenters. The third-order valence-electron chi connectivity index (χ3n) is 2.19. The number of nitrogens with zero attached hydrogens (tertiary/aromatic N) is 2. The zero-order chi connectivity index (χ0) is 11.7. The zero-order valence-electron chi connectivity index (χ0n) is 8.38. The Morgan fingerprint density at radius 2 is 2.44 bits per heavy atom. The number of furan rings is 1. The van der Waals surface area contributed by atoms with Gasteiger partial charge in [0.15, 0.2) is 5.76 Å². The van der Waals surface area contributed by atoms with Gasteiger partial charge in [-0.25, -0.2) is 14.7 Å². The van der Waals surface area contributed by atoms with Crippen LogP contribution in [0.2, 0.25) is 0 Å². The highest BCUT2D eigenvalue weighted by atomic mass is 16.4. The molecule has 16 heavy (non-hydrogen) atoms. The minimum atomic E-state index is -1.11. The van der Waals surface area contributed by atoms with Gasteiger partial charge in [-0.1, -0.05) is 0 Å². The molecule has 7 heteroatoms. The Kier molecular flexibility index (Phi) is 2.35. The first-order valence-corrected chi connectivity index (χ1v) is 4.55. The number of aromatic amines is 1. The first kappa shape index (κ1) is 10.2. The van der Waals surface area contributed by atoms with Gasteiger partial charge in [0.1, 0.15) is 6.04 Å². The second kappa shape index (κ2) is 3.69. The number of carbonyl (C=O) groups is 1. The number of hydrogen-bond donors (Lipinski definition) is 2. The Balaban J connectivity index is 2.57. The van der Waals surface area contributed by atoms with Crippen LogP contribution in [0.1, 0.15) is 13.0 Å². The van der Waals surface area contributed by atoms with Crippen molar-refractivity contribution in [3.63, 3.8) is 0 Å². The Bertz CT molecular complexity index is 552. The molecule has 0 amide bonds. The average molecular weight is 223 g/mol. The van der Waals surface area contributed by atoms with E-state index in [9.17, 15) is 9.59 Å². The van der Waals surface area contributed by atoms with Crippen molar-refractivity contribution in [2.24, 2.45) is 0 Å². The molecule has 1 atom stereocenters. The van der Waals surface area contributed by atoms with Crippen LogP contribution in [-0.2, 0) is 4.79 Å². The number of nitrogens with one attached hydrogen (secondary N) is 1. The SMILES string of the molecule is CC(C(=O)O)n1c(-c2ccco2)n[nH]c1=O. The lowest BCUT2D eigenvalue weighted by Gasteiger charge is -2.07. The maximum Gasteiger partial charge on any atom is 0.344 e. The third kappa shape index (κ3) is 1.52. The Hall–Kier alpha value is -2.31. The van der Waals surface area contributed by atoms with Crippen molar-refractivity contribution >= 4 is 5.97 Å². The van der Waals surface area contributed by atoms with E-state index in [-0.39, 0.29) is 5.82 Å². The minimum absolute atomic E-state index is 0.171. The third-order valence-corrected chi connectivity index (χ3v) is 2.19. The Morgan fingerprint density at radius 1 is 1.69 bits per heavy atom. The number of rotatable bonds is 3. The van der Waals surface area contributed by atoms with Crippen molar-refractivity contribution in [3.05, 3.63) is 28.9 Å². The molecular formula is C9H9N3O4. The van der Waals surface area contributed by atoms with E-state index in [4.69, 9.17) is 9.52 Å². The van der Waals surface area contributed by atoms with E-state index < -0.39 is 17.7 Å². The first-order valence-electron chi connectivity index (χ1n) is 4.55. The molecule has 2 N–H and O–H groups in total. The maximum absolute atomic E-state index is 11.4. The van der Waals surface area contributed by atoms with Gasteiger partial charge in [0.2, 0.25) is 5.82 Å². The summed E-state index contributed by atoms with van der Waals surface area (Å²) in [7, 11) is 0. The van der Waals surface area contributed by atoms with Crippen LogP contribution in [0.15, 0.2) is 27.6 Å². The number of carboxylic acid groups (broad SMARTS) is 1. The summed E-state index contributed by atoms with van der Waals surface area (Å²) >= 11 is 0. The lowest BCUT2D eigenvalue weighted by Crippen LogP contribution is -2.26. The summed E-state index contributed by atoms with van der Waals surface area (Å²) in [6, 6.07) is 2.22. The van der Waals surface area contributed by atoms with Gasteiger partial charge in [0, 0.05) is 0 Å². The lowest BCUT2D eigenvalue weighted by atomic mass is 10.3. The van der Waals surface area contributed by atoms with Crippen molar-refractivity contribution in [1.29, 1.82) is 0 Å². The van der Waals surface area contributed by atoms with Crippen molar-refractivity contribution in [2.45, 2.75) is 13.0 Å². The van der Waals surface area contributed by atoms with E-state index >= 15 is 0 Å². The molecule has 0 aromatic carbocycles. The molecule has 2 aromatic rings. The monoisotopic (exact) mass is 223 g/mol. The quantitative estimate of drug-likeness (QED) is 0.787. The van der Waals surface area contributed by atoms with Crippen molar-refractivity contribution in [1.82, 2.24) is 14.8 Å². The number of aromatic nitrogens is 3. The number of H-pyrrole nitrogens is 1. The molecule has 0 aliphatic rings. The molecule has 0 saturated heterocycles. The van der Waals surface area contributed by atoms with Crippen LogP contribution in [0.3, 0.4) is 0 Å². The highest BCUT2D eigenvalue weighted by Gasteiger charge is 2.22. The molecule has 0 saturated carbocycles. The molecule has 0 aliphatic heterocycles. The predicted molar refractivity (Wildman–Crippen MR) is 52.9 cm³/mol. The van der Waals surface area contributed by atoms with E-state index in [0.717, 1.165) is 4.57 Å². The van der Waals surface area contributed by atoms with Crippen LogP contribution in [0.5, 0.6) is 0 Å². The van der Waals surface area contributed by atoms with E-state index in [1.54, 1.807) is 12.1 Å². The van der Waals surface area contributed by atoms with Gasteiger partial charge < -0.3 is 9.52 Å². The maximum atomic E-state index is 11.4. The number of aliphatic carboxylic acids is 1. The Labute approximate surface area is 89.3 Å². The van der Waals surface area contributed by atoms with Gasteiger partial charge >= 0.3 is 11.7 Å². The van der Waals surface area contributed by atoms with Gasteiger partial charge in [0.05, 0.1) is 6.26 Å². The van der Waals surface area contributed by atoms with E-state index in [0.29, 0.717) is 5.76 Å². The van der Waals surface area contributed by atoms with E-state index in [1.807, 2.05) is 0 Å². The van der Waals surface area contributed by atoms with E-state index in [2.05, 4.69) is 10.2 Å². The van der Waals surface area contributed by atoms with Gasteiger partial charge in [-0.15, -0.1) is 5.10 Å². The largest absolute Gasteiger partial charge is 0.480 e.